The number of rotatable bonds is 4. The van der Waals surface area contributed by atoms with Gasteiger partial charge in [0, 0.05) is 5.56 Å². The summed E-state index contributed by atoms with van der Waals surface area (Å²) in [5.41, 5.74) is 0.974. The van der Waals surface area contributed by atoms with E-state index in [1.807, 2.05) is 35.2 Å². The second kappa shape index (κ2) is 5.46. The highest BCUT2D eigenvalue weighted by atomic mass is 16.4. The lowest BCUT2D eigenvalue weighted by Crippen LogP contribution is -2.35. The molecule has 104 valence electrons. The third kappa shape index (κ3) is 2.58. The van der Waals surface area contributed by atoms with Crippen molar-refractivity contribution in [3.05, 3.63) is 42.4 Å². The molecule has 1 aromatic carbocycles. The zero-order valence-corrected chi connectivity index (χ0v) is 11.0. The number of hydrogen-bond acceptors (Lipinski definition) is 4. The van der Waals surface area contributed by atoms with Gasteiger partial charge < -0.3 is 9.52 Å². The van der Waals surface area contributed by atoms with Crippen molar-refractivity contribution in [1.29, 1.82) is 0 Å². The molecule has 1 aliphatic rings. The van der Waals surface area contributed by atoms with Gasteiger partial charge in [-0.15, -0.1) is 0 Å². The third-order valence-corrected chi connectivity index (χ3v) is 3.60. The van der Waals surface area contributed by atoms with E-state index >= 15 is 0 Å². The SMILES string of the molecule is O=C(O)[C@@H]1CCCN1Cc1ncc(-c2ccccc2)o1. The Hall–Kier alpha value is -2.14. The van der Waals surface area contributed by atoms with Crippen molar-refractivity contribution in [2.24, 2.45) is 0 Å². The highest BCUT2D eigenvalue weighted by Crippen LogP contribution is 2.23. The molecule has 0 bridgehead atoms. The van der Waals surface area contributed by atoms with E-state index < -0.39 is 12.0 Å². The number of carbonyl (C=O) groups is 1. The zero-order valence-electron chi connectivity index (χ0n) is 11.0. The van der Waals surface area contributed by atoms with Crippen molar-refractivity contribution in [2.75, 3.05) is 6.54 Å². The summed E-state index contributed by atoms with van der Waals surface area (Å²) in [4.78, 5) is 17.3. The first-order valence-corrected chi connectivity index (χ1v) is 6.71. The Morgan fingerprint density at radius 3 is 2.95 bits per heavy atom. The van der Waals surface area contributed by atoms with Crippen LogP contribution in [0.15, 0.2) is 40.9 Å². The van der Waals surface area contributed by atoms with Gasteiger partial charge in [-0.3, -0.25) is 9.69 Å². The van der Waals surface area contributed by atoms with E-state index in [2.05, 4.69) is 4.98 Å². The van der Waals surface area contributed by atoms with Crippen molar-refractivity contribution < 1.29 is 14.3 Å². The van der Waals surface area contributed by atoms with E-state index in [0.29, 0.717) is 24.6 Å². The molecule has 2 heterocycles. The molecule has 0 unspecified atom stereocenters. The summed E-state index contributed by atoms with van der Waals surface area (Å²) in [5.74, 6) is 0.515. The number of carboxylic acid groups (broad SMARTS) is 1. The van der Waals surface area contributed by atoms with Gasteiger partial charge in [0.1, 0.15) is 6.04 Å². The van der Waals surface area contributed by atoms with Crippen molar-refractivity contribution >= 4 is 5.97 Å². The van der Waals surface area contributed by atoms with Gasteiger partial charge in [0.05, 0.1) is 12.7 Å². The van der Waals surface area contributed by atoms with E-state index in [0.717, 1.165) is 18.5 Å². The fourth-order valence-corrected chi connectivity index (χ4v) is 2.59. The predicted molar refractivity (Wildman–Crippen MR) is 73.0 cm³/mol. The molecule has 1 saturated heterocycles. The lowest BCUT2D eigenvalue weighted by Gasteiger charge is -2.18. The topological polar surface area (TPSA) is 66.6 Å². The molecule has 1 fully saturated rings. The first-order valence-electron chi connectivity index (χ1n) is 6.71. The van der Waals surface area contributed by atoms with Gasteiger partial charge in [0.15, 0.2) is 5.76 Å². The minimum atomic E-state index is -0.766. The maximum Gasteiger partial charge on any atom is 0.320 e. The molecule has 0 aliphatic carbocycles. The fourth-order valence-electron chi connectivity index (χ4n) is 2.59. The Kier molecular flexibility index (Phi) is 3.52. The second-order valence-electron chi connectivity index (χ2n) is 4.95. The Labute approximate surface area is 116 Å². The Morgan fingerprint density at radius 1 is 1.40 bits per heavy atom. The van der Waals surface area contributed by atoms with Gasteiger partial charge in [-0.2, -0.15) is 0 Å². The first kappa shape index (κ1) is 12.9. The van der Waals surface area contributed by atoms with Crippen LogP contribution in [-0.4, -0.2) is 33.5 Å². The van der Waals surface area contributed by atoms with Crippen LogP contribution < -0.4 is 0 Å². The van der Waals surface area contributed by atoms with Gasteiger partial charge in [-0.1, -0.05) is 30.3 Å². The molecule has 0 saturated carbocycles. The van der Waals surface area contributed by atoms with E-state index in [1.54, 1.807) is 6.20 Å². The smallest absolute Gasteiger partial charge is 0.320 e. The number of nitrogens with zero attached hydrogens (tertiary/aromatic N) is 2. The molecule has 5 heteroatoms. The van der Waals surface area contributed by atoms with Crippen LogP contribution in [0.5, 0.6) is 0 Å². The molecule has 0 spiro atoms. The average Bonchev–Trinajstić information content (AvgIpc) is 3.09. The molecular weight excluding hydrogens is 256 g/mol. The van der Waals surface area contributed by atoms with Crippen LogP contribution in [-0.2, 0) is 11.3 Å². The van der Waals surface area contributed by atoms with Crippen LogP contribution in [0.2, 0.25) is 0 Å². The van der Waals surface area contributed by atoms with E-state index in [-0.39, 0.29) is 0 Å². The number of aromatic nitrogens is 1. The van der Waals surface area contributed by atoms with Gasteiger partial charge in [0.2, 0.25) is 5.89 Å². The number of oxazole rings is 1. The van der Waals surface area contributed by atoms with Crippen molar-refractivity contribution in [1.82, 2.24) is 9.88 Å². The van der Waals surface area contributed by atoms with Crippen LogP contribution in [0.4, 0.5) is 0 Å². The fraction of sp³-hybridized carbons (Fsp3) is 0.333. The largest absolute Gasteiger partial charge is 0.480 e. The van der Waals surface area contributed by atoms with Crippen LogP contribution in [0, 0.1) is 0 Å². The molecule has 1 aromatic heterocycles. The monoisotopic (exact) mass is 272 g/mol. The van der Waals surface area contributed by atoms with Crippen molar-refractivity contribution in [3.63, 3.8) is 0 Å². The number of likely N-dealkylation sites (tertiary alicyclic amines) is 1. The van der Waals surface area contributed by atoms with Crippen LogP contribution in [0.1, 0.15) is 18.7 Å². The molecular formula is C15H16N2O3. The predicted octanol–water partition coefficient (Wildman–Crippen LogP) is 2.39. The number of benzene rings is 1. The number of hydrogen-bond donors (Lipinski definition) is 1. The molecule has 0 radical (unpaired) electrons. The highest BCUT2D eigenvalue weighted by molar-refractivity contribution is 5.73. The molecule has 20 heavy (non-hydrogen) atoms. The Balaban J connectivity index is 1.73. The van der Waals surface area contributed by atoms with Crippen LogP contribution >= 0.6 is 0 Å². The average molecular weight is 272 g/mol. The lowest BCUT2D eigenvalue weighted by molar-refractivity contribution is -0.142. The second-order valence-corrected chi connectivity index (χ2v) is 4.95. The lowest BCUT2D eigenvalue weighted by atomic mass is 10.2. The highest BCUT2D eigenvalue weighted by Gasteiger charge is 2.31. The van der Waals surface area contributed by atoms with Gasteiger partial charge >= 0.3 is 5.97 Å². The maximum absolute atomic E-state index is 11.1. The minimum Gasteiger partial charge on any atom is -0.480 e. The maximum atomic E-state index is 11.1. The molecule has 1 atom stereocenters. The summed E-state index contributed by atoms with van der Waals surface area (Å²) < 4.78 is 5.71. The van der Waals surface area contributed by atoms with E-state index in [1.165, 1.54) is 0 Å². The van der Waals surface area contributed by atoms with Crippen LogP contribution in [0.25, 0.3) is 11.3 Å². The summed E-state index contributed by atoms with van der Waals surface area (Å²) in [6.45, 7) is 1.23. The van der Waals surface area contributed by atoms with Gasteiger partial charge in [-0.05, 0) is 19.4 Å². The Bertz CT molecular complexity index is 594. The Morgan fingerprint density at radius 2 is 2.20 bits per heavy atom. The summed E-state index contributed by atoms with van der Waals surface area (Å²) >= 11 is 0. The molecule has 0 amide bonds. The third-order valence-electron chi connectivity index (χ3n) is 3.60. The summed E-state index contributed by atoms with van der Waals surface area (Å²) in [5, 5.41) is 9.15. The van der Waals surface area contributed by atoms with E-state index in [9.17, 15) is 4.79 Å². The first-order chi connectivity index (χ1) is 9.74. The summed E-state index contributed by atoms with van der Waals surface area (Å²) in [6.07, 6.45) is 3.29. The van der Waals surface area contributed by atoms with E-state index in [4.69, 9.17) is 9.52 Å². The number of aliphatic carboxylic acids is 1. The molecule has 3 rings (SSSR count). The van der Waals surface area contributed by atoms with Crippen molar-refractivity contribution in [3.8, 4) is 11.3 Å². The van der Waals surface area contributed by atoms with Gasteiger partial charge in [-0.25, -0.2) is 4.98 Å². The van der Waals surface area contributed by atoms with Gasteiger partial charge in [0.25, 0.3) is 0 Å². The standard InChI is InChI=1S/C15H16N2O3/c18-15(19)12-7-4-8-17(12)10-14-16-9-13(20-14)11-5-2-1-3-6-11/h1-3,5-6,9,12H,4,7-8,10H2,(H,18,19)/t12-/m0/s1. The quantitative estimate of drug-likeness (QED) is 0.925. The summed E-state index contributed by atoms with van der Waals surface area (Å²) in [6, 6.07) is 9.34. The molecule has 2 aromatic rings. The summed E-state index contributed by atoms with van der Waals surface area (Å²) in [7, 11) is 0. The minimum absolute atomic E-state index is 0.415. The molecule has 1 N–H and O–H groups in total. The van der Waals surface area contributed by atoms with Crippen molar-refractivity contribution in [2.45, 2.75) is 25.4 Å². The molecule has 5 nitrogen and oxygen atoms in total. The molecule has 1 aliphatic heterocycles. The normalized spacial score (nSPS) is 19.3. The zero-order chi connectivity index (χ0) is 13.9. The van der Waals surface area contributed by atoms with Crippen LogP contribution in [0.3, 0.4) is 0 Å². The number of carboxylic acids is 1.